The summed E-state index contributed by atoms with van der Waals surface area (Å²) >= 11 is 0. The zero-order chi connectivity index (χ0) is 19.2. The number of morpholine rings is 1. The van der Waals surface area contributed by atoms with E-state index >= 15 is 0 Å². The SMILES string of the molecule is Cc1cccc(CCN2CCC3(CN(C/C=C/c4ccccc4)CCO3)C2)n1. The Bertz CT molecular complexity index is 791. The Balaban J connectivity index is 1.27. The van der Waals surface area contributed by atoms with E-state index in [4.69, 9.17) is 4.74 Å². The van der Waals surface area contributed by atoms with E-state index in [2.05, 4.69) is 82.4 Å². The van der Waals surface area contributed by atoms with Crippen molar-refractivity contribution in [2.45, 2.75) is 25.4 Å². The number of ether oxygens (including phenoxy) is 1. The molecule has 1 aromatic heterocycles. The smallest absolute Gasteiger partial charge is 0.0947 e. The molecule has 2 saturated heterocycles. The van der Waals surface area contributed by atoms with Gasteiger partial charge in [0.1, 0.15) is 0 Å². The van der Waals surface area contributed by atoms with Crippen molar-refractivity contribution in [3.8, 4) is 0 Å². The van der Waals surface area contributed by atoms with Crippen molar-refractivity contribution in [1.82, 2.24) is 14.8 Å². The molecule has 0 bridgehead atoms. The van der Waals surface area contributed by atoms with Gasteiger partial charge in [-0.25, -0.2) is 0 Å². The van der Waals surface area contributed by atoms with Crippen LogP contribution >= 0.6 is 0 Å². The molecule has 2 aromatic rings. The molecule has 1 atom stereocenters. The molecule has 0 saturated carbocycles. The number of aromatic nitrogens is 1. The van der Waals surface area contributed by atoms with E-state index in [0.29, 0.717) is 0 Å². The lowest BCUT2D eigenvalue weighted by atomic mass is 10.0. The van der Waals surface area contributed by atoms with Crippen molar-refractivity contribution >= 4 is 6.08 Å². The quantitative estimate of drug-likeness (QED) is 0.771. The molecule has 4 nitrogen and oxygen atoms in total. The van der Waals surface area contributed by atoms with Gasteiger partial charge in [0.05, 0.1) is 12.2 Å². The average molecular weight is 378 g/mol. The molecule has 2 fully saturated rings. The highest BCUT2D eigenvalue weighted by Gasteiger charge is 2.42. The zero-order valence-corrected chi connectivity index (χ0v) is 16.9. The molecular weight excluding hydrogens is 346 g/mol. The fourth-order valence-corrected chi connectivity index (χ4v) is 4.36. The fourth-order valence-electron chi connectivity index (χ4n) is 4.36. The maximum atomic E-state index is 6.30. The molecule has 4 heteroatoms. The molecule has 1 spiro atoms. The third-order valence-corrected chi connectivity index (χ3v) is 5.83. The predicted octanol–water partition coefficient (Wildman–Crippen LogP) is 3.42. The number of likely N-dealkylation sites (tertiary alicyclic amines) is 1. The van der Waals surface area contributed by atoms with Crippen LogP contribution in [0.1, 0.15) is 23.4 Å². The second kappa shape index (κ2) is 8.99. The molecule has 1 unspecified atom stereocenters. The largest absolute Gasteiger partial charge is 0.371 e. The van der Waals surface area contributed by atoms with Gasteiger partial charge in [-0.2, -0.15) is 0 Å². The highest BCUT2D eigenvalue weighted by Crippen LogP contribution is 2.29. The van der Waals surface area contributed by atoms with E-state index in [1.807, 2.05) is 0 Å². The summed E-state index contributed by atoms with van der Waals surface area (Å²) in [6, 6.07) is 16.8. The van der Waals surface area contributed by atoms with Crippen LogP contribution in [0.5, 0.6) is 0 Å². The van der Waals surface area contributed by atoms with Crippen molar-refractivity contribution in [3.05, 3.63) is 71.6 Å². The van der Waals surface area contributed by atoms with Crippen molar-refractivity contribution in [1.29, 1.82) is 0 Å². The molecule has 1 aromatic carbocycles. The molecule has 0 amide bonds. The van der Waals surface area contributed by atoms with Gasteiger partial charge >= 0.3 is 0 Å². The molecule has 2 aliphatic rings. The lowest BCUT2D eigenvalue weighted by Crippen LogP contribution is -2.53. The first-order valence-electron chi connectivity index (χ1n) is 10.4. The number of pyridine rings is 1. The first-order chi connectivity index (χ1) is 13.7. The summed E-state index contributed by atoms with van der Waals surface area (Å²) in [7, 11) is 0. The minimum atomic E-state index is 0.0128. The van der Waals surface area contributed by atoms with Crippen LogP contribution in [-0.4, -0.2) is 66.3 Å². The van der Waals surface area contributed by atoms with Crippen LogP contribution in [0, 0.1) is 6.92 Å². The van der Waals surface area contributed by atoms with E-state index in [-0.39, 0.29) is 5.60 Å². The van der Waals surface area contributed by atoms with Gasteiger partial charge in [-0.3, -0.25) is 14.8 Å². The molecule has 0 radical (unpaired) electrons. The molecule has 28 heavy (non-hydrogen) atoms. The van der Waals surface area contributed by atoms with Gasteiger partial charge in [0.25, 0.3) is 0 Å². The monoisotopic (exact) mass is 377 g/mol. The zero-order valence-electron chi connectivity index (χ0n) is 16.9. The summed E-state index contributed by atoms with van der Waals surface area (Å²) in [4.78, 5) is 9.72. The van der Waals surface area contributed by atoms with Gasteiger partial charge in [-0.05, 0) is 31.0 Å². The van der Waals surface area contributed by atoms with Gasteiger partial charge in [0, 0.05) is 57.1 Å². The summed E-state index contributed by atoms with van der Waals surface area (Å²) in [6.07, 6.45) is 6.65. The number of hydrogen-bond acceptors (Lipinski definition) is 4. The maximum absolute atomic E-state index is 6.30. The fraction of sp³-hybridized carbons (Fsp3) is 0.458. The normalized spacial score (nSPS) is 23.8. The van der Waals surface area contributed by atoms with Crippen LogP contribution in [0.4, 0.5) is 0 Å². The minimum Gasteiger partial charge on any atom is -0.371 e. The highest BCUT2D eigenvalue weighted by molar-refractivity contribution is 5.48. The van der Waals surface area contributed by atoms with Crippen LogP contribution in [0.25, 0.3) is 6.08 Å². The Labute approximate surface area is 168 Å². The van der Waals surface area contributed by atoms with Gasteiger partial charge < -0.3 is 4.74 Å². The predicted molar refractivity (Wildman–Crippen MR) is 114 cm³/mol. The Morgan fingerprint density at radius 2 is 1.89 bits per heavy atom. The van der Waals surface area contributed by atoms with Crippen molar-refractivity contribution in [2.24, 2.45) is 0 Å². The third kappa shape index (κ3) is 5.07. The molecule has 0 N–H and O–H groups in total. The van der Waals surface area contributed by atoms with E-state index in [9.17, 15) is 0 Å². The lowest BCUT2D eigenvalue weighted by molar-refractivity contribution is -0.0983. The molecule has 148 valence electrons. The van der Waals surface area contributed by atoms with Crippen LogP contribution in [0.3, 0.4) is 0 Å². The summed E-state index contributed by atoms with van der Waals surface area (Å²) in [5.74, 6) is 0. The topological polar surface area (TPSA) is 28.6 Å². The van der Waals surface area contributed by atoms with Gasteiger partial charge in [0.15, 0.2) is 0 Å². The molecule has 2 aliphatic heterocycles. The Kier molecular flexibility index (Phi) is 6.20. The summed E-state index contributed by atoms with van der Waals surface area (Å²) < 4.78 is 6.30. The van der Waals surface area contributed by atoms with E-state index in [0.717, 1.165) is 64.4 Å². The molecule has 0 aliphatic carbocycles. The molecular formula is C24H31N3O. The maximum Gasteiger partial charge on any atom is 0.0947 e. The van der Waals surface area contributed by atoms with Crippen LogP contribution < -0.4 is 0 Å². The minimum absolute atomic E-state index is 0.0128. The summed E-state index contributed by atoms with van der Waals surface area (Å²) in [6.45, 7) is 9.18. The Hall–Kier alpha value is -2.01. The number of benzene rings is 1. The lowest BCUT2D eigenvalue weighted by Gasteiger charge is -2.40. The Morgan fingerprint density at radius 3 is 2.75 bits per heavy atom. The first kappa shape index (κ1) is 19.3. The number of nitrogens with zero attached hydrogens (tertiary/aromatic N) is 3. The van der Waals surface area contributed by atoms with Crippen LogP contribution in [-0.2, 0) is 11.2 Å². The number of hydrogen-bond donors (Lipinski definition) is 0. The van der Waals surface area contributed by atoms with Crippen LogP contribution in [0.15, 0.2) is 54.6 Å². The molecule has 4 rings (SSSR count). The summed E-state index contributed by atoms with van der Waals surface area (Å²) in [5, 5.41) is 0. The first-order valence-corrected chi connectivity index (χ1v) is 10.4. The second-order valence-corrected chi connectivity index (χ2v) is 8.13. The van der Waals surface area contributed by atoms with Gasteiger partial charge in [0.2, 0.25) is 0 Å². The second-order valence-electron chi connectivity index (χ2n) is 8.13. The van der Waals surface area contributed by atoms with E-state index in [1.165, 1.54) is 11.3 Å². The highest BCUT2D eigenvalue weighted by atomic mass is 16.5. The van der Waals surface area contributed by atoms with E-state index in [1.54, 1.807) is 0 Å². The van der Waals surface area contributed by atoms with Crippen molar-refractivity contribution in [2.75, 3.05) is 45.9 Å². The average Bonchev–Trinajstić information content (AvgIpc) is 3.09. The van der Waals surface area contributed by atoms with E-state index < -0.39 is 0 Å². The van der Waals surface area contributed by atoms with Crippen LogP contribution in [0.2, 0.25) is 0 Å². The number of aryl methyl sites for hydroxylation is 1. The Morgan fingerprint density at radius 1 is 1.04 bits per heavy atom. The number of rotatable bonds is 6. The molecule has 3 heterocycles. The van der Waals surface area contributed by atoms with Crippen molar-refractivity contribution < 1.29 is 4.74 Å². The van der Waals surface area contributed by atoms with Gasteiger partial charge in [-0.1, -0.05) is 48.6 Å². The standard InChI is InChI=1S/C24H31N3O/c1-21-7-5-11-23(25-21)12-15-27-16-13-24(20-27)19-26(17-18-28-24)14-6-10-22-8-3-2-4-9-22/h2-11H,12-20H2,1H3/b10-6+. The van der Waals surface area contributed by atoms with Gasteiger partial charge in [-0.15, -0.1) is 0 Å². The summed E-state index contributed by atoms with van der Waals surface area (Å²) in [5.41, 5.74) is 3.57. The van der Waals surface area contributed by atoms with Crippen molar-refractivity contribution in [3.63, 3.8) is 0 Å². The third-order valence-electron chi connectivity index (χ3n) is 5.83.